The standard InChI is InChI=1S/2C8H4Cl3F3/c9-7(10,11)5-2-1-3-6(4-5)8(12,13)14;9-7(10,11)5-3-1-2-4-6(5)8(12,13)14/h2*1-4H. The first kappa shape index (κ1) is 25.8. The highest BCUT2D eigenvalue weighted by Crippen LogP contribution is 2.44. The predicted molar refractivity (Wildman–Crippen MR) is 101 cm³/mol. The van der Waals surface area contributed by atoms with Crippen molar-refractivity contribution in [2.75, 3.05) is 0 Å². The molecule has 0 aliphatic carbocycles. The van der Waals surface area contributed by atoms with E-state index < -0.39 is 31.1 Å². The lowest BCUT2D eigenvalue weighted by Crippen LogP contribution is -2.13. The topological polar surface area (TPSA) is 0 Å². The second-order valence-electron chi connectivity index (χ2n) is 5.12. The van der Waals surface area contributed by atoms with Gasteiger partial charge in [0.15, 0.2) is 0 Å². The van der Waals surface area contributed by atoms with Crippen LogP contribution in [0.2, 0.25) is 0 Å². The first-order chi connectivity index (χ1) is 12.4. The Balaban J connectivity index is 0.000000280. The van der Waals surface area contributed by atoms with Gasteiger partial charge in [0.05, 0.1) is 11.1 Å². The van der Waals surface area contributed by atoms with Gasteiger partial charge in [0, 0.05) is 11.1 Å². The lowest BCUT2D eigenvalue weighted by Gasteiger charge is -2.17. The molecule has 2 rings (SSSR count). The van der Waals surface area contributed by atoms with Crippen molar-refractivity contribution in [3.63, 3.8) is 0 Å². The molecule has 0 atom stereocenters. The van der Waals surface area contributed by atoms with Crippen LogP contribution in [0.5, 0.6) is 0 Å². The summed E-state index contributed by atoms with van der Waals surface area (Å²) in [5, 5.41) is 0. The van der Waals surface area contributed by atoms with Crippen LogP contribution in [0.15, 0.2) is 48.5 Å². The summed E-state index contributed by atoms with van der Waals surface area (Å²) in [4.78, 5) is 0. The number of hydrogen-bond acceptors (Lipinski definition) is 0. The van der Waals surface area contributed by atoms with Gasteiger partial charge in [0.25, 0.3) is 0 Å². The van der Waals surface area contributed by atoms with Gasteiger partial charge in [-0.05, 0) is 18.2 Å². The zero-order valence-corrected chi connectivity index (χ0v) is 17.7. The van der Waals surface area contributed by atoms with Gasteiger partial charge in [0.2, 0.25) is 7.59 Å². The maximum absolute atomic E-state index is 12.4. The van der Waals surface area contributed by atoms with Gasteiger partial charge in [-0.2, -0.15) is 26.3 Å². The van der Waals surface area contributed by atoms with E-state index in [0.717, 1.165) is 24.3 Å². The van der Waals surface area contributed by atoms with Crippen molar-refractivity contribution in [3.05, 3.63) is 70.8 Å². The molecule has 0 bridgehead atoms. The molecule has 0 saturated heterocycles. The van der Waals surface area contributed by atoms with E-state index in [0.29, 0.717) is 0 Å². The van der Waals surface area contributed by atoms with Crippen LogP contribution in [-0.4, -0.2) is 0 Å². The minimum absolute atomic E-state index is 0.00248. The van der Waals surface area contributed by atoms with E-state index in [4.69, 9.17) is 69.6 Å². The molecule has 0 saturated carbocycles. The summed E-state index contributed by atoms with van der Waals surface area (Å²) in [6.07, 6.45) is -8.94. The minimum atomic E-state index is -4.51. The maximum atomic E-state index is 12.4. The van der Waals surface area contributed by atoms with E-state index in [2.05, 4.69) is 0 Å². The van der Waals surface area contributed by atoms with Crippen molar-refractivity contribution in [2.24, 2.45) is 0 Å². The van der Waals surface area contributed by atoms with Crippen LogP contribution >= 0.6 is 69.6 Å². The molecule has 0 nitrogen and oxygen atoms in total. The molecule has 156 valence electrons. The molecule has 2 aromatic rings. The second-order valence-corrected chi connectivity index (χ2v) is 9.68. The summed E-state index contributed by atoms with van der Waals surface area (Å²) in [5.74, 6) is 0. The fourth-order valence-electron chi connectivity index (χ4n) is 1.85. The Hall–Kier alpha value is -0.240. The Morgan fingerprint density at radius 3 is 1.32 bits per heavy atom. The molecule has 28 heavy (non-hydrogen) atoms. The van der Waals surface area contributed by atoms with E-state index in [1.165, 1.54) is 24.3 Å². The zero-order valence-electron chi connectivity index (χ0n) is 13.2. The van der Waals surface area contributed by atoms with Crippen LogP contribution in [-0.2, 0) is 19.9 Å². The van der Waals surface area contributed by atoms with Gasteiger partial charge in [-0.3, -0.25) is 0 Å². The molecule has 0 radical (unpaired) electrons. The first-order valence-corrected chi connectivity index (χ1v) is 9.18. The maximum Gasteiger partial charge on any atom is 0.416 e. The van der Waals surface area contributed by atoms with Crippen LogP contribution in [0.3, 0.4) is 0 Å². The van der Waals surface area contributed by atoms with Crippen LogP contribution in [0.4, 0.5) is 26.3 Å². The van der Waals surface area contributed by atoms with Crippen molar-refractivity contribution in [3.8, 4) is 0 Å². The average molecular weight is 527 g/mol. The lowest BCUT2D eigenvalue weighted by atomic mass is 10.1. The summed E-state index contributed by atoms with van der Waals surface area (Å²) in [7, 11) is 0. The molecule has 0 N–H and O–H groups in total. The summed E-state index contributed by atoms with van der Waals surface area (Å²) in [5.41, 5.74) is -2.13. The molecule has 2 aromatic carbocycles. The summed E-state index contributed by atoms with van der Waals surface area (Å²) >= 11 is 32.5. The third-order valence-electron chi connectivity index (χ3n) is 3.06. The largest absolute Gasteiger partial charge is 0.416 e. The SMILES string of the molecule is FC(F)(F)c1cccc(C(Cl)(Cl)Cl)c1.FC(F)(F)c1ccccc1C(Cl)(Cl)Cl. The molecule has 12 heteroatoms. The Bertz CT molecular complexity index is 727. The van der Waals surface area contributed by atoms with E-state index in [1.807, 2.05) is 0 Å². The molecule has 0 fully saturated rings. The van der Waals surface area contributed by atoms with Gasteiger partial charge in [-0.25, -0.2) is 0 Å². The van der Waals surface area contributed by atoms with Crippen LogP contribution < -0.4 is 0 Å². The van der Waals surface area contributed by atoms with Gasteiger partial charge in [-0.1, -0.05) is 99.9 Å². The van der Waals surface area contributed by atoms with Crippen molar-refractivity contribution in [1.82, 2.24) is 0 Å². The van der Waals surface area contributed by atoms with Crippen molar-refractivity contribution in [2.45, 2.75) is 19.9 Å². The second kappa shape index (κ2) is 9.27. The molecule has 0 aliphatic heterocycles. The van der Waals surface area contributed by atoms with Crippen molar-refractivity contribution < 1.29 is 26.3 Å². The highest BCUT2D eigenvalue weighted by atomic mass is 35.6. The Morgan fingerprint density at radius 1 is 0.500 bits per heavy atom. The van der Waals surface area contributed by atoms with Crippen molar-refractivity contribution in [1.29, 1.82) is 0 Å². The third kappa shape index (κ3) is 7.88. The summed E-state index contributed by atoms with van der Waals surface area (Å²) < 4.78 is 70.0. The fourth-order valence-corrected chi connectivity index (χ4v) is 2.70. The van der Waals surface area contributed by atoms with E-state index in [-0.39, 0.29) is 11.1 Å². The van der Waals surface area contributed by atoms with Crippen LogP contribution in [0.1, 0.15) is 22.3 Å². The monoisotopic (exact) mass is 524 g/mol. The molecule has 0 aromatic heterocycles. The highest BCUT2D eigenvalue weighted by Gasteiger charge is 2.38. The lowest BCUT2D eigenvalue weighted by molar-refractivity contribution is -0.138. The molecular weight excluding hydrogens is 519 g/mol. The molecule has 0 heterocycles. The van der Waals surface area contributed by atoms with E-state index in [1.54, 1.807) is 0 Å². The number of rotatable bonds is 0. The van der Waals surface area contributed by atoms with E-state index in [9.17, 15) is 26.3 Å². The normalized spacial score (nSPS) is 13.0. The fraction of sp³-hybridized carbons (Fsp3) is 0.250. The molecule has 0 amide bonds. The van der Waals surface area contributed by atoms with Gasteiger partial charge < -0.3 is 0 Å². The minimum Gasteiger partial charge on any atom is -0.166 e. The smallest absolute Gasteiger partial charge is 0.166 e. The Morgan fingerprint density at radius 2 is 0.964 bits per heavy atom. The first-order valence-electron chi connectivity index (χ1n) is 6.92. The van der Waals surface area contributed by atoms with E-state index >= 15 is 0 Å². The quantitative estimate of drug-likeness (QED) is 0.237. The third-order valence-corrected chi connectivity index (χ3v) is 4.32. The number of benzene rings is 2. The summed E-state index contributed by atoms with van der Waals surface area (Å²) in [6, 6.07) is 8.87. The highest BCUT2D eigenvalue weighted by molar-refractivity contribution is 6.67. The molecule has 0 aliphatic rings. The van der Waals surface area contributed by atoms with Gasteiger partial charge in [0.1, 0.15) is 0 Å². The Kier molecular flexibility index (Phi) is 8.54. The van der Waals surface area contributed by atoms with Crippen LogP contribution in [0, 0.1) is 0 Å². The average Bonchev–Trinajstić information content (AvgIpc) is 2.52. The van der Waals surface area contributed by atoms with Crippen LogP contribution in [0.25, 0.3) is 0 Å². The van der Waals surface area contributed by atoms with Gasteiger partial charge in [-0.15, -0.1) is 0 Å². The molecule has 0 spiro atoms. The molecular formula is C16H8Cl6F6. The molecule has 0 unspecified atom stereocenters. The predicted octanol–water partition coefficient (Wildman–Crippen LogP) is 9.06. The zero-order chi connectivity index (χ0) is 22.0. The summed E-state index contributed by atoms with van der Waals surface area (Å²) in [6.45, 7) is 0. The number of halogens is 12. The van der Waals surface area contributed by atoms with Gasteiger partial charge >= 0.3 is 12.4 Å². The number of hydrogen-bond donors (Lipinski definition) is 0. The van der Waals surface area contributed by atoms with Crippen molar-refractivity contribution >= 4 is 69.6 Å². The number of alkyl halides is 12. The Labute approximate surface area is 186 Å².